The quantitative estimate of drug-likeness (QED) is 0.256. The first-order valence-electron chi connectivity index (χ1n) is 8.09. The molecule has 2 rings (SSSR count). The van der Waals surface area contributed by atoms with Crippen molar-refractivity contribution in [1.29, 1.82) is 0 Å². The number of hydrogen-bond donors (Lipinski definition) is 3. The van der Waals surface area contributed by atoms with Gasteiger partial charge in [-0.3, -0.25) is 4.98 Å². The number of hydrogen-bond acceptors (Lipinski definition) is 3. The van der Waals surface area contributed by atoms with Crippen LogP contribution in [0.4, 0.5) is 5.69 Å². The second-order valence-electron chi connectivity index (χ2n) is 5.09. The van der Waals surface area contributed by atoms with Crippen LogP contribution >= 0.6 is 24.0 Å². The van der Waals surface area contributed by atoms with Crippen molar-refractivity contribution in [2.75, 3.05) is 25.0 Å². The second-order valence-corrected chi connectivity index (χ2v) is 5.09. The van der Waals surface area contributed by atoms with Gasteiger partial charge in [0.05, 0.1) is 12.2 Å². The first-order valence-corrected chi connectivity index (χ1v) is 8.09. The minimum atomic E-state index is 0. The molecule has 2 aromatic rings. The van der Waals surface area contributed by atoms with E-state index in [1.807, 2.05) is 36.4 Å². The SMILES string of the molecule is CCNC(=NCc1ccccn1)NCCCNc1ccccc1.I. The highest BCUT2D eigenvalue weighted by Crippen LogP contribution is 2.04. The summed E-state index contributed by atoms with van der Waals surface area (Å²) in [6, 6.07) is 16.1. The summed E-state index contributed by atoms with van der Waals surface area (Å²) in [5.41, 5.74) is 2.12. The molecule has 0 spiro atoms. The van der Waals surface area contributed by atoms with Crippen molar-refractivity contribution in [1.82, 2.24) is 15.6 Å². The van der Waals surface area contributed by atoms with Crippen LogP contribution in [0, 0.1) is 0 Å². The lowest BCUT2D eigenvalue weighted by Crippen LogP contribution is -2.38. The molecule has 0 aliphatic rings. The van der Waals surface area contributed by atoms with Gasteiger partial charge in [0, 0.05) is 31.5 Å². The van der Waals surface area contributed by atoms with Crippen molar-refractivity contribution in [2.24, 2.45) is 4.99 Å². The van der Waals surface area contributed by atoms with Crippen LogP contribution in [0.15, 0.2) is 59.7 Å². The number of guanidine groups is 1. The number of para-hydroxylation sites is 1. The van der Waals surface area contributed by atoms with Gasteiger partial charge in [-0.05, 0) is 37.6 Å². The summed E-state index contributed by atoms with van der Waals surface area (Å²) in [6.45, 7) is 5.29. The molecule has 0 radical (unpaired) electrons. The molecular weight excluding hydrogens is 413 g/mol. The van der Waals surface area contributed by atoms with Crippen molar-refractivity contribution in [2.45, 2.75) is 19.9 Å². The zero-order valence-corrected chi connectivity index (χ0v) is 16.4. The van der Waals surface area contributed by atoms with Crippen molar-refractivity contribution < 1.29 is 0 Å². The first kappa shape index (κ1) is 20.2. The summed E-state index contributed by atoms with van der Waals surface area (Å²) in [5, 5.41) is 10.00. The van der Waals surface area contributed by atoms with Crippen LogP contribution in [-0.2, 0) is 6.54 Å². The summed E-state index contributed by atoms with van der Waals surface area (Å²) in [4.78, 5) is 8.83. The van der Waals surface area contributed by atoms with Crippen LogP contribution in [0.5, 0.6) is 0 Å². The van der Waals surface area contributed by atoms with Crippen LogP contribution in [0.2, 0.25) is 0 Å². The Hall–Kier alpha value is -1.83. The third-order valence-electron chi connectivity index (χ3n) is 3.22. The van der Waals surface area contributed by atoms with Gasteiger partial charge in [-0.25, -0.2) is 4.99 Å². The molecule has 0 saturated carbocycles. The minimum Gasteiger partial charge on any atom is -0.385 e. The summed E-state index contributed by atoms with van der Waals surface area (Å²) in [6.07, 6.45) is 2.81. The standard InChI is InChI=1S/C18H25N5.HI/c1-2-19-18(23-15-17-11-6-7-12-21-17)22-14-8-13-20-16-9-4-3-5-10-16;/h3-7,9-12,20H,2,8,13-15H2,1H3,(H2,19,22,23);1H. The predicted molar refractivity (Wildman–Crippen MR) is 112 cm³/mol. The Morgan fingerprint density at radius 1 is 1.00 bits per heavy atom. The molecular formula is C18H26IN5. The van der Waals surface area contributed by atoms with Gasteiger partial charge in [-0.15, -0.1) is 24.0 Å². The molecule has 0 fully saturated rings. The molecule has 1 heterocycles. The average molecular weight is 439 g/mol. The maximum Gasteiger partial charge on any atom is 0.191 e. The number of nitrogens with zero attached hydrogens (tertiary/aromatic N) is 2. The smallest absolute Gasteiger partial charge is 0.191 e. The maximum absolute atomic E-state index is 4.55. The van der Waals surface area contributed by atoms with Crippen LogP contribution in [0.1, 0.15) is 19.0 Å². The Balaban J connectivity index is 0.00000288. The molecule has 5 nitrogen and oxygen atoms in total. The molecule has 0 amide bonds. The lowest BCUT2D eigenvalue weighted by Gasteiger charge is -2.11. The van der Waals surface area contributed by atoms with Gasteiger partial charge in [0.25, 0.3) is 0 Å². The molecule has 3 N–H and O–H groups in total. The fraction of sp³-hybridized carbons (Fsp3) is 0.333. The number of pyridine rings is 1. The van der Waals surface area contributed by atoms with Gasteiger partial charge in [0.15, 0.2) is 5.96 Å². The topological polar surface area (TPSA) is 61.3 Å². The Labute approximate surface area is 161 Å². The molecule has 0 aliphatic carbocycles. The van der Waals surface area contributed by atoms with E-state index >= 15 is 0 Å². The zero-order chi connectivity index (χ0) is 16.2. The Morgan fingerprint density at radius 3 is 2.50 bits per heavy atom. The molecule has 6 heteroatoms. The van der Waals surface area contributed by atoms with E-state index in [0.29, 0.717) is 6.54 Å². The predicted octanol–water partition coefficient (Wildman–Crippen LogP) is 3.26. The van der Waals surface area contributed by atoms with Crippen LogP contribution in [-0.4, -0.2) is 30.6 Å². The van der Waals surface area contributed by atoms with E-state index in [4.69, 9.17) is 0 Å². The number of aromatic nitrogens is 1. The van der Waals surface area contributed by atoms with Crippen molar-refractivity contribution in [3.05, 3.63) is 60.4 Å². The number of benzene rings is 1. The van der Waals surface area contributed by atoms with Gasteiger partial charge in [-0.2, -0.15) is 0 Å². The summed E-state index contributed by atoms with van der Waals surface area (Å²) < 4.78 is 0. The molecule has 0 bridgehead atoms. The summed E-state index contributed by atoms with van der Waals surface area (Å²) >= 11 is 0. The zero-order valence-electron chi connectivity index (χ0n) is 14.0. The van der Waals surface area contributed by atoms with E-state index in [0.717, 1.165) is 43.4 Å². The number of anilines is 1. The van der Waals surface area contributed by atoms with E-state index in [1.54, 1.807) is 6.20 Å². The lowest BCUT2D eigenvalue weighted by atomic mass is 10.3. The van der Waals surface area contributed by atoms with Gasteiger partial charge >= 0.3 is 0 Å². The van der Waals surface area contributed by atoms with Crippen LogP contribution < -0.4 is 16.0 Å². The normalized spacial score (nSPS) is 10.6. The number of nitrogens with one attached hydrogen (secondary N) is 3. The monoisotopic (exact) mass is 439 g/mol. The van der Waals surface area contributed by atoms with E-state index in [-0.39, 0.29) is 24.0 Å². The third kappa shape index (κ3) is 8.14. The fourth-order valence-corrected chi connectivity index (χ4v) is 2.08. The third-order valence-corrected chi connectivity index (χ3v) is 3.22. The van der Waals surface area contributed by atoms with Crippen molar-refractivity contribution in [3.8, 4) is 0 Å². The largest absolute Gasteiger partial charge is 0.385 e. The average Bonchev–Trinajstić information content (AvgIpc) is 2.61. The van der Waals surface area contributed by atoms with Crippen molar-refractivity contribution >= 4 is 35.6 Å². The fourth-order valence-electron chi connectivity index (χ4n) is 2.08. The summed E-state index contributed by atoms with van der Waals surface area (Å²) in [5.74, 6) is 0.831. The van der Waals surface area contributed by atoms with E-state index in [9.17, 15) is 0 Å². The number of rotatable bonds is 8. The molecule has 130 valence electrons. The number of halogens is 1. The minimum absolute atomic E-state index is 0. The first-order chi connectivity index (χ1) is 11.4. The van der Waals surface area contributed by atoms with Gasteiger partial charge in [0.1, 0.15) is 0 Å². The molecule has 0 unspecified atom stereocenters. The van der Waals surface area contributed by atoms with Crippen molar-refractivity contribution in [3.63, 3.8) is 0 Å². The molecule has 1 aromatic heterocycles. The molecule has 0 saturated heterocycles. The van der Waals surface area contributed by atoms with Crippen LogP contribution in [0.3, 0.4) is 0 Å². The number of aliphatic imine (C=N–C) groups is 1. The van der Waals surface area contributed by atoms with E-state index in [1.165, 1.54) is 0 Å². The summed E-state index contributed by atoms with van der Waals surface area (Å²) in [7, 11) is 0. The van der Waals surface area contributed by atoms with Crippen LogP contribution in [0.25, 0.3) is 0 Å². The lowest BCUT2D eigenvalue weighted by molar-refractivity contribution is 0.763. The second kappa shape index (κ2) is 12.6. The highest BCUT2D eigenvalue weighted by atomic mass is 127. The Morgan fingerprint density at radius 2 is 1.79 bits per heavy atom. The molecule has 1 aromatic carbocycles. The van der Waals surface area contributed by atoms with Gasteiger partial charge < -0.3 is 16.0 Å². The molecule has 24 heavy (non-hydrogen) atoms. The molecule has 0 aliphatic heterocycles. The Kier molecular flexibility index (Phi) is 10.6. The van der Waals surface area contributed by atoms with Gasteiger partial charge in [0.2, 0.25) is 0 Å². The van der Waals surface area contributed by atoms with E-state index < -0.39 is 0 Å². The highest BCUT2D eigenvalue weighted by molar-refractivity contribution is 14.0. The van der Waals surface area contributed by atoms with Gasteiger partial charge in [-0.1, -0.05) is 24.3 Å². The maximum atomic E-state index is 4.55. The Bertz CT molecular complexity index is 574. The highest BCUT2D eigenvalue weighted by Gasteiger charge is 1.98. The molecule has 0 atom stereocenters. The van der Waals surface area contributed by atoms with E-state index in [2.05, 4.69) is 45.0 Å².